The van der Waals surface area contributed by atoms with Crippen molar-refractivity contribution in [2.75, 3.05) is 6.54 Å². The van der Waals surface area contributed by atoms with Crippen LogP contribution in [0.2, 0.25) is 0 Å². The predicted octanol–water partition coefficient (Wildman–Crippen LogP) is 1.83. The Balaban J connectivity index is 1.90. The van der Waals surface area contributed by atoms with E-state index in [4.69, 9.17) is 0 Å². The summed E-state index contributed by atoms with van der Waals surface area (Å²) < 4.78 is 0. The van der Waals surface area contributed by atoms with Gasteiger partial charge in [-0.3, -0.25) is 14.4 Å². The van der Waals surface area contributed by atoms with Gasteiger partial charge in [0.1, 0.15) is 6.29 Å². The molecule has 1 aliphatic carbocycles. The summed E-state index contributed by atoms with van der Waals surface area (Å²) in [7, 11) is 0. The summed E-state index contributed by atoms with van der Waals surface area (Å²) in [4.78, 5) is 47.0. The third-order valence-corrected chi connectivity index (χ3v) is 4.96. The minimum absolute atomic E-state index is 0.0407. The average molecular weight is 307 g/mol. The molecule has 1 amide bonds. The second-order valence-corrected chi connectivity index (χ2v) is 6.61. The normalized spacial score (nSPS) is 23.8. The first-order valence-corrected chi connectivity index (χ1v) is 8.40. The first-order chi connectivity index (χ1) is 10.6. The molecule has 2 rings (SSSR count). The molecule has 0 aromatic rings. The Morgan fingerprint density at radius 2 is 1.91 bits per heavy atom. The Bertz CT molecular complexity index is 440. The molecule has 22 heavy (non-hydrogen) atoms. The Kier molecular flexibility index (Phi) is 6.28. The van der Waals surface area contributed by atoms with E-state index in [2.05, 4.69) is 5.32 Å². The fourth-order valence-electron chi connectivity index (χ4n) is 3.62. The first-order valence-electron chi connectivity index (χ1n) is 8.40. The molecule has 1 heterocycles. The van der Waals surface area contributed by atoms with Gasteiger partial charge in [0.2, 0.25) is 11.7 Å². The second-order valence-electron chi connectivity index (χ2n) is 6.61. The molecule has 0 aromatic heterocycles. The molecule has 5 heteroatoms. The number of Topliss-reactive ketones (excluding diaryl/α,β-unsaturated/α-hetero) is 2. The van der Waals surface area contributed by atoms with E-state index in [-0.39, 0.29) is 24.0 Å². The van der Waals surface area contributed by atoms with E-state index in [9.17, 15) is 19.2 Å². The molecule has 0 spiro atoms. The number of hydrogen-bond donors (Lipinski definition) is 1. The highest BCUT2D eigenvalue weighted by Gasteiger charge is 2.33. The highest BCUT2D eigenvalue weighted by atomic mass is 16.2. The van der Waals surface area contributed by atoms with Crippen molar-refractivity contribution in [3.05, 3.63) is 0 Å². The summed E-state index contributed by atoms with van der Waals surface area (Å²) in [5, 5.41) is 2.73. The molecule has 1 saturated carbocycles. The van der Waals surface area contributed by atoms with E-state index in [1.807, 2.05) is 0 Å². The Labute approximate surface area is 131 Å². The molecule has 1 N–H and O–H groups in total. The topological polar surface area (TPSA) is 80.3 Å². The van der Waals surface area contributed by atoms with Crippen LogP contribution in [0.3, 0.4) is 0 Å². The van der Waals surface area contributed by atoms with Crippen LogP contribution in [0.25, 0.3) is 0 Å². The number of ketones is 2. The van der Waals surface area contributed by atoms with Crippen LogP contribution in [-0.2, 0) is 19.2 Å². The summed E-state index contributed by atoms with van der Waals surface area (Å²) in [5.74, 6) is -1.41. The van der Waals surface area contributed by atoms with Gasteiger partial charge in [0.05, 0.1) is 0 Å². The van der Waals surface area contributed by atoms with Gasteiger partial charge in [-0.05, 0) is 18.8 Å². The van der Waals surface area contributed by atoms with Gasteiger partial charge in [0, 0.05) is 31.2 Å². The fourth-order valence-corrected chi connectivity index (χ4v) is 3.62. The van der Waals surface area contributed by atoms with Gasteiger partial charge in [-0.25, -0.2) is 0 Å². The van der Waals surface area contributed by atoms with E-state index < -0.39 is 11.7 Å². The second kappa shape index (κ2) is 8.20. The minimum atomic E-state index is -0.623. The van der Waals surface area contributed by atoms with E-state index in [0.29, 0.717) is 38.0 Å². The number of aldehydes is 1. The van der Waals surface area contributed by atoms with Gasteiger partial charge in [0.25, 0.3) is 0 Å². The van der Waals surface area contributed by atoms with Crippen LogP contribution in [0, 0.1) is 17.8 Å². The monoisotopic (exact) mass is 307 g/mol. The number of hydrogen-bond acceptors (Lipinski definition) is 4. The van der Waals surface area contributed by atoms with Crippen LogP contribution in [0.5, 0.6) is 0 Å². The molecule has 122 valence electrons. The van der Waals surface area contributed by atoms with Crippen LogP contribution in [0.1, 0.15) is 57.8 Å². The van der Waals surface area contributed by atoms with Crippen LogP contribution in [0.15, 0.2) is 0 Å². The zero-order chi connectivity index (χ0) is 15.9. The van der Waals surface area contributed by atoms with Crippen molar-refractivity contribution in [3.8, 4) is 0 Å². The fraction of sp³-hybridized carbons (Fsp3) is 0.765. The summed E-state index contributed by atoms with van der Waals surface area (Å²) >= 11 is 0. The lowest BCUT2D eigenvalue weighted by Crippen LogP contribution is -2.30. The van der Waals surface area contributed by atoms with Gasteiger partial charge in [-0.15, -0.1) is 0 Å². The van der Waals surface area contributed by atoms with Gasteiger partial charge in [-0.2, -0.15) is 0 Å². The highest BCUT2D eigenvalue weighted by Crippen LogP contribution is 2.28. The maximum Gasteiger partial charge on any atom is 0.223 e. The number of carbonyl (C=O) groups excluding carboxylic acids is 4. The molecular formula is C17H25NO4. The van der Waals surface area contributed by atoms with Crippen LogP contribution < -0.4 is 5.32 Å². The molecule has 1 saturated heterocycles. The largest absolute Gasteiger partial charge is 0.356 e. The highest BCUT2D eigenvalue weighted by molar-refractivity contribution is 6.38. The van der Waals surface area contributed by atoms with Crippen LogP contribution in [0.4, 0.5) is 0 Å². The minimum Gasteiger partial charge on any atom is -0.356 e. The molecule has 0 bridgehead atoms. The summed E-state index contributed by atoms with van der Waals surface area (Å²) in [6, 6.07) is 0. The van der Waals surface area contributed by atoms with E-state index in [0.717, 1.165) is 25.7 Å². The quantitative estimate of drug-likeness (QED) is 0.548. The average Bonchev–Trinajstić information content (AvgIpc) is 2.92. The van der Waals surface area contributed by atoms with Gasteiger partial charge >= 0.3 is 0 Å². The van der Waals surface area contributed by atoms with Gasteiger partial charge < -0.3 is 10.1 Å². The van der Waals surface area contributed by atoms with Crippen molar-refractivity contribution in [1.29, 1.82) is 0 Å². The molecule has 0 radical (unpaired) electrons. The summed E-state index contributed by atoms with van der Waals surface area (Å²) in [5.41, 5.74) is 0. The molecule has 2 unspecified atom stereocenters. The zero-order valence-corrected chi connectivity index (χ0v) is 13.0. The van der Waals surface area contributed by atoms with Gasteiger partial charge in [0.15, 0.2) is 5.78 Å². The van der Waals surface area contributed by atoms with Crippen molar-refractivity contribution in [3.63, 3.8) is 0 Å². The molecule has 0 aromatic carbocycles. The molecular weight excluding hydrogens is 282 g/mol. The molecule has 2 atom stereocenters. The number of carbonyl (C=O) groups is 4. The summed E-state index contributed by atoms with van der Waals surface area (Å²) in [6.07, 6.45) is 7.54. The van der Waals surface area contributed by atoms with Crippen molar-refractivity contribution >= 4 is 23.8 Å². The molecule has 1 aliphatic heterocycles. The van der Waals surface area contributed by atoms with E-state index >= 15 is 0 Å². The summed E-state index contributed by atoms with van der Waals surface area (Å²) in [6.45, 7) is 0.613. The zero-order valence-electron chi connectivity index (χ0n) is 13.0. The first kappa shape index (κ1) is 16.8. The van der Waals surface area contributed by atoms with Crippen molar-refractivity contribution < 1.29 is 19.2 Å². The number of amides is 1. The molecule has 2 fully saturated rings. The Hall–Kier alpha value is -1.52. The smallest absolute Gasteiger partial charge is 0.223 e. The van der Waals surface area contributed by atoms with E-state index in [1.54, 1.807) is 0 Å². The molecule has 5 nitrogen and oxygen atoms in total. The Morgan fingerprint density at radius 1 is 1.18 bits per heavy atom. The van der Waals surface area contributed by atoms with Gasteiger partial charge in [-0.1, -0.05) is 32.1 Å². The predicted molar refractivity (Wildman–Crippen MR) is 81.1 cm³/mol. The third kappa shape index (κ3) is 4.49. The van der Waals surface area contributed by atoms with Crippen molar-refractivity contribution in [1.82, 2.24) is 5.32 Å². The number of nitrogens with one attached hydrogen (secondary N) is 1. The maximum atomic E-state index is 12.4. The van der Waals surface area contributed by atoms with Crippen LogP contribution in [-0.4, -0.2) is 30.3 Å². The number of rotatable bonds is 8. The van der Waals surface area contributed by atoms with Crippen LogP contribution >= 0.6 is 0 Å². The maximum absolute atomic E-state index is 12.4. The van der Waals surface area contributed by atoms with Crippen molar-refractivity contribution in [2.45, 2.75) is 57.8 Å². The lowest BCUT2D eigenvalue weighted by atomic mass is 9.81. The molecule has 2 aliphatic rings. The lowest BCUT2D eigenvalue weighted by Gasteiger charge is -2.21. The van der Waals surface area contributed by atoms with Crippen molar-refractivity contribution in [2.24, 2.45) is 17.8 Å². The third-order valence-electron chi connectivity index (χ3n) is 4.96. The van der Waals surface area contributed by atoms with E-state index in [1.165, 1.54) is 6.42 Å². The lowest BCUT2D eigenvalue weighted by molar-refractivity contribution is -0.140. The SMILES string of the molecule is O=CCC(CC1CCNC1=O)C(=O)C(=O)CC1CCCCC1. The Morgan fingerprint density at radius 3 is 2.50 bits per heavy atom. The standard InChI is InChI=1S/C17H25NO4/c19-9-7-13(11-14-6-8-18-17(14)22)16(21)15(20)10-12-4-2-1-3-5-12/h9,12-14H,1-8,10-11H2,(H,18,22).